The van der Waals surface area contributed by atoms with E-state index in [1.807, 2.05) is 19.1 Å². The minimum Gasteiger partial charge on any atom is -0.384 e. The molecule has 0 atom stereocenters. The number of carbonyl (C=O) groups excluding carboxylic acids is 1. The molecule has 0 aromatic heterocycles. The van der Waals surface area contributed by atoms with Crippen LogP contribution in [0.15, 0.2) is 24.3 Å². The topological polar surface area (TPSA) is 37.3 Å². The second-order valence-electron chi connectivity index (χ2n) is 2.66. The summed E-state index contributed by atoms with van der Waals surface area (Å²) in [6.45, 7) is 1.67. The van der Waals surface area contributed by atoms with E-state index >= 15 is 0 Å². The van der Waals surface area contributed by atoms with Crippen molar-refractivity contribution in [2.24, 2.45) is 0 Å². The normalized spacial score (nSPS) is 8.77. The molecule has 1 rings (SSSR count). The van der Waals surface area contributed by atoms with Crippen LogP contribution in [0.5, 0.6) is 0 Å². The Bertz CT molecular complexity index is 352. The molecule has 0 unspecified atom stereocenters. The van der Waals surface area contributed by atoms with Gasteiger partial charge >= 0.3 is 0 Å². The summed E-state index contributed by atoms with van der Waals surface area (Å²) in [7, 11) is 0. The van der Waals surface area contributed by atoms with Crippen LogP contribution >= 0.6 is 0 Å². The lowest BCUT2D eigenvalue weighted by Crippen LogP contribution is -1.94. The highest BCUT2D eigenvalue weighted by molar-refractivity contribution is 6.08. The van der Waals surface area contributed by atoms with Gasteiger partial charge in [-0.1, -0.05) is 35.7 Å². The Morgan fingerprint density at radius 1 is 1.38 bits per heavy atom. The second kappa shape index (κ2) is 4.44. The van der Waals surface area contributed by atoms with Gasteiger partial charge in [0.15, 0.2) is 0 Å². The molecule has 13 heavy (non-hydrogen) atoms. The van der Waals surface area contributed by atoms with E-state index in [1.165, 1.54) is 0 Å². The molecule has 0 fully saturated rings. The molecule has 0 aliphatic rings. The minimum atomic E-state index is -0.280. The second-order valence-corrected chi connectivity index (χ2v) is 2.66. The van der Waals surface area contributed by atoms with Gasteiger partial charge in [0.25, 0.3) is 0 Å². The molecule has 0 radical (unpaired) electrons. The van der Waals surface area contributed by atoms with Crippen molar-refractivity contribution in [1.29, 1.82) is 0 Å². The highest BCUT2D eigenvalue weighted by atomic mass is 16.2. The first kappa shape index (κ1) is 9.50. The van der Waals surface area contributed by atoms with Crippen LogP contribution in [0.3, 0.4) is 0 Å². The standard InChI is InChI=1S/C11H10O2/c1-9-4-6-10(7-5-9)11(13)3-2-8-12/h4-7,12H,8H2,1H3. The van der Waals surface area contributed by atoms with Crippen molar-refractivity contribution in [3.8, 4) is 11.8 Å². The van der Waals surface area contributed by atoms with Gasteiger partial charge in [-0.15, -0.1) is 0 Å². The van der Waals surface area contributed by atoms with Crippen LogP contribution in [0.2, 0.25) is 0 Å². The first-order valence-corrected chi connectivity index (χ1v) is 3.95. The third kappa shape index (κ3) is 2.73. The minimum absolute atomic E-state index is 0.256. The number of hydrogen-bond donors (Lipinski definition) is 1. The molecule has 0 bridgehead atoms. The molecule has 2 heteroatoms. The van der Waals surface area contributed by atoms with Gasteiger partial charge < -0.3 is 5.11 Å². The fourth-order valence-electron chi connectivity index (χ4n) is 0.897. The van der Waals surface area contributed by atoms with E-state index in [4.69, 9.17) is 5.11 Å². The van der Waals surface area contributed by atoms with Gasteiger partial charge in [0.05, 0.1) is 0 Å². The summed E-state index contributed by atoms with van der Waals surface area (Å²) in [4.78, 5) is 11.2. The Balaban J connectivity index is 2.84. The molecular weight excluding hydrogens is 164 g/mol. The van der Waals surface area contributed by atoms with Crippen molar-refractivity contribution in [3.63, 3.8) is 0 Å². The molecule has 0 spiro atoms. The average molecular weight is 174 g/mol. The Labute approximate surface area is 77.2 Å². The van der Waals surface area contributed by atoms with Crippen LogP contribution in [-0.2, 0) is 0 Å². The van der Waals surface area contributed by atoms with Crippen molar-refractivity contribution in [2.75, 3.05) is 6.61 Å². The van der Waals surface area contributed by atoms with Crippen molar-refractivity contribution >= 4 is 5.78 Å². The van der Waals surface area contributed by atoms with Crippen molar-refractivity contribution in [2.45, 2.75) is 6.92 Å². The molecule has 0 aliphatic carbocycles. The largest absolute Gasteiger partial charge is 0.384 e. The SMILES string of the molecule is Cc1ccc(C(=O)C#CCO)cc1. The third-order valence-corrected chi connectivity index (χ3v) is 1.59. The summed E-state index contributed by atoms with van der Waals surface area (Å²) in [6, 6.07) is 7.16. The van der Waals surface area contributed by atoms with Crippen LogP contribution in [0.4, 0.5) is 0 Å². The number of carbonyl (C=O) groups is 1. The van der Waals surface area contributed by atoms with Gasteiger partial charge in [-0.2, -0.15) is 0 Å². The van der Waals surface area contributed by atoms with Crippen molar-refractivity contribution in [3.05, 3.63) is 35.4 Å². The fraction of sp³-hybridized carbons (Fsp3) is 0.182. The number of hydrogen-bond acceptors (Lipinski definition) is 2. The fourth-order valence-corrected chi connectivity index (χ4v) is 0.897. The third-order valence-electron chi connectivity index (χ3n) is 1.59. The van der Waals surface area contributed by atoms with E-state index < -0.39 is 0 Å². The van der Waals surface area contributed by atoms with Crippen LogP contribution in [-0.4, -0.2) is 17.5 Å². The quantitative estimate of drug-likeness (QED) is 0.394. The molecule has 66 valence electrons. The van der Waals surface area contributed by atoms with Crippen LogP contribution in [0.1, 0.15) is 15.9 Å². The zero-order valence-corrected chi connectivity index (χ0v) is 7.37. The Morgan fingerprint density at radius 3 is 2.54 bits per heavy atom. The van der Waals surface area contributed by atoms with Gasteiger partial charge in [0.1, 0.15) is 6.61 Å². The molecular formula is C11H10O2. The first-order valence-electron chi connectivity index (χ1n) is 3.95. The van der Waals surface area contributed by atoms with E-state index in [2.05, 4.69) is 11.8 Å². The summed E-state index contributed by atoms with van der Waals surface area (Å²) >= 11 is 0. The van der Waals surface area contributed by atoms with Crippen LogP contribution < -0.4 is 0 Å². The molecule has 2 nitrogen and oxygen atoms in total. The molecule has 1 N–H and O–H groups in total. The monoisotopic (exact) mass is 174 g/mol. The lowest BCUT2D eigenvalue weighted by molar-refractivity contribution is 0.105. The Hall–Kier alpha value is -1.59. The Kier molecular flexibility index (Phi) is 3.24. The van der Waals surface area contributed by atoms with Crippen LogP contribution in [0.25, 0.3) is 0 Å². The molecule has 0 heterocycles. The van der Waals surface area contributed by atoms with Crippen molar-refractivity contribution in [1.82, 2.24) is 0 Å². The molecule has 0 saturated carbocycles. The van der Waals surface area contributed by atoms with E-state index in [0.717, 1.165) is 5.56 Å². The number of aryl methyl sites for hydroxylation is 1. The Morgan fingerprint density at radius 2 is 2.00 bits per heavy atom. The van der Waals surface area contributed by atoms with E-state index in [1.54, 1.807) is 12.1 Å². The number of Topliss-reactive ketones (excluding diaryl/α,β-unsaturated/α-hetero) is 1. The number of rotatable bonds is 1. The van der Waals surface area contributed by atoms with Gasteiger partial charge in [0, 0.05) is 5.56 Å². The highest BCUT2D eigenvalue weighted by Gasteiger charge is 1.99. The molecule has 1 aromatic rings. The van der Waals surface area contributed by atoms with E-state index in [0.29, 0.717) is 5.56 Å². The first-order chi connectivity index (χ1) is 6.24. The predicted molar refractivity (Wildman–Crippen MR) is 50.4 cm³/mol. The number of benzene rings is 1. The molecule has 0 amide bonds. The number of aliphatic hydroxyl groups is 1. The summed E-state index contributed by atoms with van der Waals surface area (Å²) in [5.74, 6) is 4.39. The lowest BCUT2D eigenvalue weighted by atomic mass is 10.1. The van der Waals surface area contributed by atoms with Crippen molar-refractivity contribution < 1.29 is 9.90 Å². The zero-order valence-electron chi connectivity index (χ0n) is 7.37. The number of ketones is 1. The smallest absolute Gasteiger partial charge is 0.235 e. The summed E-state index contributed by atoms with van der Waals surface area (Å²) in [6.07, 6.45) is 0. The predicted octanol–water partition coefficient (Wildman–Crippen LogP) is 1.17. The average Bonchev–Trinajstić information content (AvgIpc) is 2.15. The van der Waals surface area contributed by atoms with E-state index in [-0.39, 0.29) is 12.4 Å². The number of aliphatic hydroxyl groups excluding tert-OH is 1. The molecule has 0 saturated heterocycles. The van der Waals surface area contributed by atoms with Gasteiger partial charge in [-0.3, -0.25) is 4.79 Å². The maximum Gasteiger partial charge on any atom is 0.235 e. The van der Waals surface area contributed by atoms with Gasteiger partial charge in [0.2, 0.25) is 5.78 Å². The maximum atomic E-state index is 11.2. The summed E-state index contributed by atoms with van der Waals surface area (Å²) < 4.78 is 0. The van der Waals surface area contributed by atoms with Gasteiger partial charge in [-0.05, 0) is 12.8 Å². The highest BCUT2D eigenvalue weighted by Crippen LogP contribution is 2.03. The summed E-state index contributed by atoms with van der Waals surface area (Å²) in [5.41, 5.74) is 1.67. The van der Waals surface area contributed by atoms with Gasteiger partial charge in [-0.25, -0.2) is 0 Å². The maximum absolute atomic E-state index is 11.2. The van der Waals surface area contributed by atoms with E-state index in [9.17, 15) is 4.79 Å². The molecule has 0 aliphatic heterocycles. The lowest BCUT2D eigenvalue weighted by Gasteiger charge is -1.93. The molecule has 1 aromatic carbocycles. The zero-order chi connectivity index (χ0) is 9.68. The van der Waals surface area contributed by atoms with Crippen LogP contribution in [0, 0.1) is 18.8 Å². The summed E-state index contributed by atoms with van der Waals surface area (Å²) in [5, 5.41) is 8.38.